The molecule has 1 aromatic rings. The number of rotatable bonds is 4. The number of fused-ring (bicyclic) bond motifs is 5. The van der Waals surface area contributed by atoms with Crippen LogP contribution < -0.4 is 4.74 Å². The van der Waals surface area contributed by atoms with Crippen LogP contribution in [0.4, 0.5) is 0 Å². The molecule has 0 saturated heterocycles. The van der Waals surface area contributed by atoms with Gasteiger partial charge >= 0.3 is 0 Å². The topological polar surface area (TPSA) is 43.4 Å². The molecule has 1 aromatic carbocycles. The maximum Gasteiger partial charge on any atom is 0.175 e. The fourth-order valence-electron chi connectivity index (χ4n) is 8.35. The van der Waals surface area contributed by atoms with E-state index in [9.17, 15) is 8.42 Å². The molecule has 0 unspecified atom stereocenters. The van der Waals surface area contributed by atoms with E-state index in [1.807, 2.05) is 12.1 Å². The Morgan fingerprint density at radius 2 is 1.70 bits per heavy atom. The molecule has 4 heteroatoms. The number of hydrogen-bond donors (Lipinski definition) is 0. The zero-order chi connectivity index (χ0) is 21.0. The van der Waals surface area contributed by atoms with Crippen LogP contribution in [0.3, 0.4) is 0 Å². The third-order valence-corrected chi connectivity index (χ3v) is 11.0. The van der Waals surface area contributed by atoms with Crippen LogP contribution in [0.25, 0.3) is 0 Å². The Labute approximate surface area is 182 Å². The molecule has 0 aliphatic heterocycles. The van der Waals surface area contributed by atoms with Gasteiger partial charge in [-0.3, -0.25) is 0 Å². The molecule has 4 aliphatic rings. The number of hydrogen-bond acceptors (Lipinski definition) is 3. The van der Waals surface area contributed by atoms with E-state index in [1.54, 1.807) is 12.1 Å². The van der Waals surface area contributed by atoms with Crippen LogP contribution in [0.1, 0.15) is 77.6 Å². The van der Waals surface area contributed by atoms with E-state index in [0.717, 1.165) is 36.0 Å². The molecule has 0 heterocycles. The van der Waals surface area contributed by atoms with Crippen molar-refractivity contribution < 1.29 is 13.2 Å². The zero-order valence-corrected chi connectivity index (χ0v) is 19.6. The van der Waals surface area contributed by atoms with Gasteiger partial charge in [-0.25, -0.2) is 8.42 Å². The molecule has 0 radical (unpaired) electrons. The van der Waals surface area contributed by atoms with Crippen LogP contribution in [-0.2, 0) is 9.84 Å². The molecule has 0 amide bonds. The second kappa shape index (κ2) is 7.53. The van der Waals surface area contributed by atoms with Crippen molar-refractivity contribution in [1.29, 1.82) is 0 Å². The lowest BCUT2D eigenvalue weighted by atomic mass is 9.45. The maximum absolute atomic E-state index is 11.7. The predicted molar refractivity (Wildman–Crippen MR) is 120 cm³/mol. The van der Waals surface area contributed by atoms with Gasteiger partial charge in [-0.15, -0.1) is 0 Å². The average molecular weight is 431 g/mol. The first kappa shape index (κ1) is 20.8. The molecular weight excluding hydrogens is 392 g/mol. The standard InChI is InChI=1S/C26H38O3S/c1-25-15-4-3-6-19(25)8-13-22-23(25)14-17-26(16-5-7-24(22)26)18-29-20-9-11-21(12-10-20)30(2,27)28/h9-12,19,22-24H,3-8,13-18H2,1-2H3/t19-,22-,23+,24+,25+,26+/m1/s1. The number of ether oxygens (including phenoxy) is 1. The summed E-state index contributed by atoms with van der Waals surface area (Å²) in [6.45, 7) is 3.45. The van der Waals surface area contributed by atoms with Gasteiger partial charge in [-0.1, -0.05) is 26.2 Å². The van der Waals surface area contributed by atoms with Crippen molar-refractivity contribution in [2.45, 2.75) is 82.4 Å². The van der Waals surface area contributed by atoms with E-state index in [1.165, 1.54) is 76.9 Å². The quantitative estimate of drug-likeness (QED) is 0.565. The lowest BCUT2D eigenvalue weighted by Gasteiger charge is -2.60. The lowest BCUT2D eigenvalue weighted by molar-refractivity contribution is -0.115. The van der Waals surface area contributed by atoms with Gasteiger partial charge in [0.25, 0.3) is 0 Å². The summed E-state index contributed by atoms with van der Waals surface area (Å²) in [6.07, 6.45) is 16.8. The fourth-order valence-corrected chi connectivity index (χ4v) is 8.98. The maximum atomic E-state index is 11.7. The van der Waals surface area contributed by atoms with Gasteiger partial charge in [0.1, 0.15) is 5.75 Å². The molecule has 0 N–H and O–H groups in total. The predicted octanol–water partition coefficient (Wildman–Crippen LogP) is 6.27. The minimum Gasteiger partial charge on any atom is -0.493 e. The van der Waals surface area contributed by atoms with E-state index in [2.05, 4.69) is 6.92 Å². The van der Waals surface area contributed by atoms with Gasteiger partial charge in [-0.2, -0.15) is 0 Å². The molecule has 5 rings (SSSR count). The third-order valence-electron chi connectivity index (χ3n) is 9.89. The van der Waals surface area contributed by atoms with Gasteiger partial charge < -0.3 is 4.74 Å². The van der Waals surface area contributed by atoms with Crippen LogP contribution in [0.2, 0.25) is 0 Å². The van der Waals surface area contributed by atoms with Crippen LogP contribution in [-0.4, -0.2) is 21.3 Å². The van der Waals surface area contributed by atoms with E-state index in [0.29, 0.717) is 15.7 Å². The summed E-state index contributed by atoms with van der Waals surface area (Å²) in [4.78, 5) is 0.366. The fraction of sp³-hybridized carbons (Fsp3) is 0.769. The number of benzene rings is 1. The van der Waals surface area contributed by atoms with Crippen molar-refractivity contribution in [1.82, 2.24) is 0 Å². The van der Waals surface area contributed by atoms with Gasteiger partial charge in [0, 0.05) is 11.7 Å². The third kappa shape index (κ3) is 3.42. The van der Waals surface area contributed by atoms with Crippen molar-refractivity contribution in [2.75, 3.05) is 12.9 Å². The van der Waals surface area contributed by atoms with Crippen LogP contribution >= 0.6 is 0 Å². The summed E-state index contributed by atoms with van der Waals surface area (Å²) < 4.78 is 29.8. The van der Waals surface area contributed by atoms with E-state index >= 15 is 0 Å². The molecule has 0 bridgehead atoms. The van der Waals surface area contributed by atoms with Crippen LogP contribution in [0.15, 0.2) is 29.2 Å². The molecule has 4 aliphatic carbocycles. The van der Waals surface area contributed by atoms with E-state index < -0.39 is 9.84 Å². The average Bonchev–Trinajstić information content (AvgIpc) is 3.16. The summed E-state index contributed by atoms with van der Waals surface area (Å²) in [6, 6.07) is 7.01. The highest BCUT2D eigenvalue weighted by Crippen LogP contribution is 2.66. The normalized spacial score (nSPS) is 40.9. The monoisotopic (exact) mass is 430 g/mol. The van der Waals surface area contributed by atoms with Gasteiger partial charge in [0.05, 0.1) is 11.5 Å². The molecule has 6 atom stereocenters. The molecular formula is C26H38O3S. The molecule has 0 aromatic heterocycles. The second-order valence-electron chi connectivity index (χ2n) is 11.2. The van der Waals surface area contributed by atoms with Crippen molar-refractivity contribution in [3.63, 3.8) is 0 Å². The summed E-state index contributed by atoms with van der Waals surface area (Å²) in [5.74, 6) is 4.45. The van der Waals surface area contributed by atoms with Gasteiger partial charge in [0.2, 0.25) is 0 Å². The van der Waals surface area contributed by atoms with Crippen molar-refractivity contribution in [3.05, 3.63) is 24.3 Å². The van der Waals surface area contributed by atoms with Crippen molar-refractivity contribution in [3.8, 4) is 5.75 Å². The molecule has 166 valence electrons. The van der Waals surface area contributed by atoms with Crippen molar-refractivity contribution in [2.24, 2.45) is 34.5 Å². The molecule has 4 fully saturated rings. The Hall–Kier alpha value is -1.03. The highest BCUT2D eigenvalue weighted by Gasteiger charge is 2.58. The second-order valence-corrected chi connectivity index (χ2v) is 13.2. The van der Waals surface area contributed by atoms with Gasteiger partial charge in [0.15, 0.2) is 9.84 Å². The molecule has 4 saturated carbocycles. The summed E-state index contributed by atoms with van der Waals surface area (Å²) in [5.41, 5.74) is 0.937. The summed E-state index contributed by atoms with van der Waals surface area (Å²) in [5, 5.41) is 0. The Morgan fingerprint density at radius 1 is 0.900 bits per heavy atom. The summed E-state index contributed by atoms with van der Waals surface area (Å²) in [7, 11) is -3.16. The first-order chi connectivity index (χ1) is 14.3. The van der Waals surface area contributed by atoms with E-state index in [-0.39, 0.29) is 0 Å². The summed E-state index contributed by atoms with van der Waals surface area (Å²) >= 11 is 0. The first-order valence-corrected chi connectivity index (χ1v) is 14.1. The highest BCUT2D eigenvalue weighted by atomic mass is 32.2. The Morgan fingerprint density at radius 3 is 2.47 bits per heavy atom. The Bertz CT molecular complexity index is 876. The molecule has 30 heavy (non-hydrogen) atoms. The largest absolute Gasteiger partial charge is 0.493 e. The highest BCUT2D eigenvalue weighted by molar-refractivity contribution is 7.90. The molecule has 0 spiro atoms. The zero-order valence-electron chi connectivity index (χ0n) is 18.7. The smallest absolute Gasteiger partial charge is 0.175 e. The van der Waals surface area contributed by atoms with Crippen LogP contribution in [0.5, 0.6) is 5.75 Å². The Kier molecular flexibility index (Phi) is 5.24. The SMILES string of the molecule is C[C@]12CCCC[C@@H]1CC[C@H]1[C@@H]3CCC[C@@]3(COc3ccc(S(C)(=O)=O)cc3)CC[C@@H]12. The lowest BCUT2D eigenvalue weighted by Crippen LogP contribution is -2.53. The van der Waals surface area contributed by atoms with Crippen LogP contribution in [0, 0.1) is 34.5 Å². The van der Waals surface area contributed by atoms with Crippen molar-refractivity contribution >= 4 is 9.84 Å². The Balaban J connectivity index is 1.32. The minimum atomic E-state index is -3.16. The molecule has 3 nitrogen and oxygen atoms in total. The first-order valence-electron chi connectivity index (χ1n) is 12.2. The minimum absolute atomic E-state index is 0.342. The van der Waals surface area contributed by atoms with E-state index in [4.69, 9.17) is 4.74 Å². The number of sulfone groups is 1. The van der Waals surface area contributed by atoms with Gasteiger partial charge in [-0.05, 0) is 105 Å².